The van der Waals surface area contributed by atoms with Crippen molar-refractivity contribution in [3.8, 4) is 5.75 Å². The number of hydrogen-bond donors (Lipinski definition) is 1. The maximum Gasteiger partial charge on any atom is 0.161 e. The lowest BCUT2D eigenvalue weighted by atomic mass is 10.0. The quantitative estimate of drug-likeness (QED) is 0.877. The van der Waals surface area contributed by atoms with Gasteiger partial charge in [0.1, 0.15) is 5.69 Å². The summed E-state index contributed by atoms with van der Waals surface area (Å²) < 4.78 is 7.41. The van der Waals surface area contributed by atoms with Crippen molar-refractivity contribution in [1.29, 1.82) is 0 Å². The summed E-state index contributed by atoms with van der Waals surface area (Å²) in [5, 5.41) is 7.72. The van der Waals surface area contributed by atoms with Crippen LogP contribution in [0.15, 0.2) is 24.5 Å². The highest BCUT2D eigenvalue weighted by atomic mass is 16.5. The molecule has 1 atom stereocenters. The highest BCUT2D eigenvalue weighted by molar-refractivity contribution is 5.37. The third kappa shape index (κ3) is 2.54. The highest BCUT2D eigenvalue weighted by Crippen LogP contribution is 2.30. The van der Waals surface area contributed by atoms with Crippen LogP contribution in [-0.4, -0.2) is 28.9 Å². The van der Waals surface area contributed by atoms with Gasteiger partial charge in [0.05, 0.1) is 25.0 Å². The van der Waals surface area contributed by atoms with Crippen LogP contribution in [0.1, 0.15) is 36.8 Å². The van der Waals surface area contributed by atoms with E-state index in [9.17, 15) is 0 Å². The van der Waals surface area contributed by atoms with Crippen LogP contribution in [0.2, 0.25) is 0 Å². The fourth-order valence-corrected chi connectivity index (χ4v) is 2.49. The van der Waals surface area contributed by atoms with Crippen LogP contribution in [0.5, 0.6) is 5.75 Å². The van der Waals surface area contributed by atoms with E-state index < -0.39 is 0 Å². The van der Waals surface area contributed by atoms with E-state index in [-0.39, 0.29) is 6.04 Å². The van der Waals surface area contributed by atoms with Gasteiger partial charge in [-0.2, -0.15) is 5.10 Å². The smallest absolute Gasteiger partial charge is 0.161 e. The van der Waals surface area contributed by atoms with Gasteiger partial charge in [-0.05, 0) is 32.0 Å². The number of aryl methyl sites for hydroxylation is 2. The zero-order chi connectivity index (χ0) is 14.5. The lowest BCUT2D eigenvalue weighted by molar-refractivity contribution is 0.400. The van der Waals surface area contributed by atoms with E-state index in [0.717, 1.165) is 30.1 Å². The largest absolute Gasteiger partial charge is 0.493 e. The van der Waals surface area contributed by atoms with E-state index in [4.69, 9.17) is 4.74 Å². The molecule has 0 fully saturated rings. The van der Waals surface area contributed by atoms with Crippen molar-refractivity contribution < 1.29 is 4.74 Å². The lowest BCUT2D eigenvalue weighted by Crippen LogP contribution is -2.24. The molecule has 0 aromatic carbocycles. The van der Waals surface area contributed by atoms with Crippen LogP contribution in [0.4, 0.5) is 0 Å². The zero-order valence-corrected chi connectivity index (χ0v) is 12.6. The summed E-state index contributed by atoms with van der Waals surface area (Å²) in [5.74, 6) is 0.791. The zero-order valence-electron chi connectivity index (χ0n) is 12.6. The van der Waals surface area contributed by atoms with E-state index >= 15 is 0 Å². The van der Waals surface area contributed by atoms with Gasteiger partial charge in [-0.3, -0.25) is 9.67 Å². The van der Waals surface area contributed by atoms with E-state index in [1.54, 1.807) is 13.3 Å². The number of ether oxygens (including phenoxy) is 1. The molecule has 0 radical (unpaired) electrons. The van der Waals surface area contributed by atoms with Gasteiger partial charge in [-0.1, -0.05) is 13.0 Å². The lowest BCUT2D eigenvalue weighted by Gasteiger charge is -2.20. The van der Waals surface area contributed by atoms with E-state index in [2.05, 4.69) is 35.3 Å². The molecular formula is C15H22N4O. The first kappa shape index (κ1) is 14.5. The highest BCUT2D eigenvalue weighted by Gasteiger charge is 2.24. The van der Waals surface area contributed by atoms with Crippen molar-refractivity contribution in [2.45, 2.75) is 32.9 Å². The topological polar surface area (TPSA) is 52.0 Å². The summed E-state index contributed by atoms with van der Waals surface area (Å²) in [6, 6.07) is 4.07. The number of pyridine rings is 1. The predicted molar refractivity (Wildman–Crippen MR) is 79.0 cm³/mol. The van der Waals surface area contributed by atoms with Crippen LogP contribution in [0, 0.1) is 0 Å². The average Bonchev–Trinajstić information content (AvgIpc) is 2.91. The molecule has 0 spiro atoms. The number of rotatable bonds is 6. The molecule has 2 aromatic rings. The predicted octanol–water partition coefficient (Wildman–Crippen LogP) is 2.18. The Hall–Kier alpha value is -1.88. The molecule has 20 heavy (non-hydrogen) atoms. The minimum atomic E-state index is -0.0245. The third-order valence-electron chi connectivity index (χ3n) is 3.51. The fourth-order valence-electron chi connectivity index (χ4n) is 2.49. The van der Waals surface area contributed by atoms with Crippen LogP contribution in [0.3, 0.4) is 0 Å². The Labute approximate surface area is 120 Å². The molecule has 0 saturated heterocycles. The molecule has 1 unspecified atom stereocenters. The molecule has 0 aliphatic heterocycles. The maximum atomic E-state index is 5.45. The summed E-state index contributed by atoms with van der Waals surface area (Å²) in [6.07, 6.45) is 4.54. The van der Waals surface area contributed by atoms with Crippen molar-refractivity contribution in [2.75, 3.05) is 14.2 Å². The first-order chi connectivity index (χ1) is 9.76. The van der Waals surface area contributed by atoms with Crippen LogP contribution in [0.25, 0.3) is 0 Å². The molecular weight excluding hydrogens is 252 g/mol. The third-order valence-corrected chi connectivity index (χ3v) is 3.51. The molecule has 0 saturated carbocycles. The van der Waals surface area contributed by atoms with Crippen molar-refractivity contribution in [1.82, 2.24) is 20.1 Å². The Morgan fingerprint density at radius 1 is 1.40 bits per heavy atom. The normalized spacial score (nSPS) is 12.4. The minimum Gasteiger partial charge on any atom is -0.493 e. The molecule has 1 N–H and O–H groups in total. The van der Waals surface area contributed by atoms with Crippen LogP contribution in [-0.2, 0) is 13.0 Å². The van der Waals surface area contributed by atoms with Gasteiger partial charge >= 0.3 is 0 Å². The van der Waals surface area contributed by atoms with Gasteiger partial charge in [0.2, 0.25) is 0 Å². The first-order valence-electron chi connectivity index (χ1n) is 6.97. The summed E-state index contributed by atoms with van der Waals surface area (Å²) in [7, 11) is 3.61. The Bertz CT molecular complexity index is 543. The molecule has 2 aromatic heterocycles. The van der Waals surface area contributed by atoms with E-state index in [1.165, 1.54) is 5.56 Å². The Kier molecular flexibility index (Phi) is 4.74. The Morgan fingerprint density at radius 3 is 2.80 bits per heavy atom. The van der Waals surface area contributed by atoms with Crippen LogP contribution >= 0.6 is 0 Å². The molecule has 5 heteroatoms. The van der Waals surface area contributed by atoms with Crippen molar-refractivity contribution in [3.05, 3.63) is 41.5 Å². The van der Waals surface area contributed by atoms with E-state index in [1.807, 2.05) is 24.0 Å². The molecule has 0 bridgehead atoms. The Morgan fingerprint density at radius 2 is 2.20 bits per heavy atom. The molecule has 108 valence electrons. The second kappa shape index (κ2) is 6.52. The standard InChI is InChI=1S/C15H22N4O/c1-5-11-8-7-9-17-13(11)14(16-3)15-12(20-4)10-18-19(15)6-2/h7-10,14,16H,5-6H2,1-4H3. The molecule has 2 heterocycles. The summed E-state index contributed by atoms with van der Waals surface area (Å²) in [4.78, 5) is 4.57. The maximum absolute atomic E-state index is 5.45. The Balaban J connectivity index is 2.55. The molecule has 5 nitrogen and oxygen atoms in total. The SMILES string of the molecule is CCc1cccnc1C(NC)c1c(OC)cnn1CC. The fraction of sp³-hybridized carbons (Fsp3) is 0.467. The molecule has 0 amide bonds. The molecule has 0 aliphatic rings. The van der Waals surface area contributed by atoms with Gasteiger partial charge in [0.15, 0.2) is 5.75 Å². The average molecular weight is 274 g/mol. The number of aromatic nitrogens is 3. The second-order valence-electron chi connectivity index (χ2n) is 4.54. The number of hydrogen-bond acceptors (Lipinski definition) is 4. The summed E-state index contributed by atoms with van der Waals surface area (Å²) >= 11 is 0. The van der Waals surface area contributed by atoms with Crippen molar-refractivity contribution >= 4 is 0 Å². The summed E-state index contributed by atoms with van der Waals surface area (Å²) in [6.45, 7) is 5.01. The summed E-state index contributed by atoms with van der Waals surface area (Å²) in [5.41, 5.74) is 3.29. The van der Waals surface area contributed by atoms with E-state index in [0.29, 0.717) is 0 Å². The number of nitrogens with one attached hydrogen (secondary N) is 1. The number of nitrogens with zero attached hydrogens (tertiary/aromatic N) is 3. The molecule has 2 rings (SSSR count). The monoisotopic (exact) mass is 274 g/mol. The van der Waals surface area contributed by atoms with Gasteiger partial charge in [-0.15, -0.1) is 0 Å². The van der Waals surface area contributed by atoms with Gasteiger partial charge in [0.25, 0.3) is 0 Å². The first-order valence-corrected chi connectivity index (χ1v) is 6.97. The number of methoxy groups -OCH3 is 1. The van der Waals surface area contributed by atoms with Crippen molar-refractivity contribution in [3.63, 3.8) is 0 Å². The second-order valence-corrected chi connectivity index (χ2v) is 4.54. The van der Waals surface area contributed by atoms with Gasteiger partial charge < -0.3 is 10.1 Å². The van der Waals surface area contributed by atoms with Crippen LogP contribution < -0.4 is 10.1 Å². The van der Waals surface area contributed by atoms with Gasteiger partial charge in [0, 0.05) is 12.7 Å². The van der Waals surface area contributed by atoms with Gasteiger partial charge in [-0.25, -0.2) is 0 Å². The molecule has 0 aliphatic carbocycles. The minimum absolute atomic E-state index is 0.0245. The van der Waals surface area contributed by atoms with Crippen molar-refractivity contribution in [2.24, 2.45) is 0 Å².